The van der Waals surface area contributed by atoms with E-state index in [1.54, 1.807) is 7.11 Å². The molecule has 4 aromatic heterocycles. The predicted octanol–water partition coefficient (Wildman–Crippen LogP) is 16.4. The minimum atomic E-state index is -0.0288. The van der Waals surface area contributed by atoms with Crippen LogP contribution in [0.5, 0.6) is 5.75 Å². The molecule has 5 heteroatoms. The number of ether oxygens (including phenoxy) is 1. The van der Waals surface area contributed by atoms with Gasteiger partial charge < -0.3 is 13.7 Å². The molecule has 4 heterocycles. The first kappa shape index (κ1) is 41.0. The van der Waals surface area contributed by atoms with Crippen molar-refractivity contribution in [2.45, 2.75) is 52.4 Å². The third-order valence-corrected chi connectivity index (χ3v) is 13.0. The molecule has 322 valence electrons. The number of hydrogen-bond donors (Lipinski definition) is 0. The summed E-state index contributed by atoms with van der Waals surface area (Å²) in [5, 5.41) is 4.60. The maximum absolute atomic E-state index is 6.20. The maximum atomic E-state index is 6.20. The van der Waals surface area contributed by atoms with Crippen LogP contribution in [0.15, 0.2) is 187 Å². The van der Waals surface area contributed by atoms with Crippen LogP contribution in [-0.4, -0.2) is 21.6 Å². The van der Waals surface area contributed by atoms with Crippen LogP contribution in [0.2, 0.25) is 0 Å². The van der Waals surface area contributed by atoms with Gasteiger partial charge in [-0.3, -0.25) is 4.98 Å². The second kappa shape index (κ2) is 15.7. The summed E-state index contributed by atoms with van der Waals surface area (Å²) < 4.78 is 14.5. The molecule has 0 aliphatic heterocycles. The molecule has 66 heavy (non-hydrogen) atoms. The van der Waals surface area contributed by atoms with Crippen LogP contribution < -0.4 is 4.74 Å². The molecule has 0 N–H and O–H groups in total. The Bertz CT molecular complexity index is 3640. The minimum Gasteiger partial charge on any atom is -0.496 e. The average molecular weight is 858 g/mol. The van der Waals surface area contributed by atoms with Crippen molar-refractivity contribution in [3.05, 3.63) is 193 Å². The standard InChI is InChI=1S/C61H51N3O2/c1-60(2,3)43-31-41(32-44(36-43)61(4,5)6)42-34-52(63-53(35-42)49-20-10-12-23-56(49)65-7)39-16-14-17-40(30-39)59-46(21-15-29-62-59)38-25-27-55-50(33-38)47-18-8-11-22-54(47)64(55)45-26-28-58-51(37-45)48-19-9-13-24-57(48)66-58/h8-37H,1-7H3. The van der Waals surface area contributed by atoms with Crippen molar-refractivity contribution in [1.82, 2.24) is 14.5 Å². The molecule has 5 nitrogen and oxygen atoms in total. The van der Waals surface area contributed by atoms with Gasteiger partial charge in [-0.15, -0.1) is 0 Å². The molecule has 0 saturated heterocycles. The second-order valence-electron chi connectivity index (χ2n) is 19.5. The Morgan fingerprint density at radius 3 is 1.92 bits per heavy atom. The lowest BCUT2D eigenvalue weighted by Crippen LogP contribution is -2.16. The average Bonchev–Trinajstić information content (AvgIpc) is 3.88. The van der Waals surface area contributed by atoms with E-state index >= 15 is 0 Å². The van der Waals surface area contributed by atoms with E-state index in [0.29, 0.717) is 0 Å². The summed E-state index contributed by atoms with van der Waals surface area (Å²) in [5.74, 6) is 0.784. The molecule has 0 spiro atoms. The van der Waals surface area contributed by atoms with Gasteiger partial charge in [-0.05, 0) is 118 Å². The topological polar surface area (TPSA) is 53.1 Å². The lowest BCUT2D eigenvalue weighted by atomic mass is 9.79. The summed E-state index contributed by atoms with van der Waals surface area (Å²) in [5.41, 5.74) is 17.8. The smallest absolute Gasteiger partial charge is 0.135 e. The number of para-hydroxylation sites is 3. The molecule has 7 aromatic carbocycles. The van der Waals surface area contributed by atoms with Crippen molar-refractivity contribution in [3.63, 3.8) is 0 Å². The van der Waals surface area contributed by atoms with Gasteiger partial charge >= 0.3 is 0 Å². The van der Waals surface area contributed by atoms with Crippen molar-refractivity contribution in [2.24, 2.45) is 0 Å². The number of benzene rings is 7. The highest BCUT2D eigenvalue weighted by Crippen LogP contribution is 2.42. The molecule has 0 aliphatic carbocycles. The van der Waals surface area contributed by atoms with E-state index in [1.807, 2.05) is 42.6 Å². The summed E-state index contributed by atoms with van der Waals surface area (Å²) >= 11 is 0. The first-order chi connectivity index (χ1) is 31.9. The fourth-order valence-corrected chi connectivity index (χ4v) is 9.47. The fourth-order valence-electron chi connectivity index (χ4n) is 9.47. The Balaban J connectivity index is 1.04. The van der Waals surface area contributed by atoms with Crippen molar-refractivity contribution < 1.29 is 9.15 Å². The Morgan fingerprint density at radius 2 is 1.12 bits per heavy atom. The lowest BCUT2D eigenvalue weighted by molar-refractivity contribution is 0.416. The predicted molar refractivity (Wildman–Crippen MR) is 275 cm³/mol. The molecule has 11 aromatic rings. The summed E-state index contributed by atoms with van der Waals surface area (Å²) in [7, 11) is 1.72. The quantitative estimate of drug-likeness (QED) is 0.160. The third kappa shape index (κ3) is 7.21. The van der Waals surface area contributed by atoms with Gasteiger partial charge in [0.25, 0.3) is 0 Å². The van der Waals surface area contributed by atoms with Crippen molar-refractivity contribution in [2.75, 3.05) is 7.11 Å². The summed E-state index contributed by atoms with van der Waals surface area (Å²) in [6.07, 6.45) is 1.89. The van der Waals surface area contributed by atoms with E-state index in [1.165, 1.54) is 27.5 Å². The van der Waals surface area contributed by atoms with Crippen molar-refractivity contribution in [1.29, 1.82) is 0 Å². The number of fused-ring (bicyclic) bond motifs is 6. The number of hydrogen-bond acceptors (Lipinski definition) is 4. The zero-order valence-corrected chi connectivity index (χ0v) is 38.5. The van der Waals surface area contributed by atoms with Crippen LogP contribution in [0, 0.1) is 0 Å². The van der Waals surface area contributed by atoms with E-state index < -0.39 is 0 Å². The summed E-state index contributed by atoms with van der Waals surface area (Å²) in [4.78, 5) is 10.4. The Hall–Kier alpha value is -7.76. The SMILES string of the molecule is COc1ccccc1-c1cc(-c2cc(C(C)(C)C)cc(C(C)(C)C)c2)cc(-c2cccc(-c3ncccc3-c3ccc4c(c3)c3ccccc3n4-c3ccc4oc5ccccc5c4c3)c2)n1. The monoisotopic (exact) mass is 857 g/mol. The molecule has 0 fully saturated rings. The molecule has 0 saturated carbocycles. The number of aromatic nitrogens is 3. The molecule has 0 amide bonds. The van der Waals surface area contributed by atoms with E-state index in [4.69, 9.17) is 19.1 Å². The summed E-state index contributed by atoms with van der Waals surface area (Å²) in [6, 6.07) is 62.8. The van der Waals surface area contributed by atoms with Gasteiger partial charge in [-0.1, -0.05) is 139 Å². The normalized spacial score (nSPS) is 12.2. The highest BCUT2D eigenvalue weighted by molar-refractivity contribution is 6.12. The van der Waals surface area contributed by atoms with E-state index in [-0.39, 0.29) is 10.8 Å². The minimum absolute atomic E-state index is 0.0288. The van der Waals surface area contributed by atoms with E-state index in [9.17, 15) is 0 Å². The number of rotatable bonds is 7. The van der Waals surface area contributed by atoms with Crippen molar-refractivity contribution >= 4 is 43.7 Å². The first-order valence-corrected chi connectivity index (χ1v) is 22.7. The molecule has 0 aliphatic rings. The van der Waals surface area contributed by atoms with E-state index in [2.05, 4.69) is 186 Å². The van der Waals surface area contributed by atoms with Crippen LogP contribution in [0.4, 0.5) is 0 Å². The van der Waals surface area contributed by atoms with Gasteiger partial charge in [0, 0.05) is 55.7 Å². The molecular weight excluding hydrogens is 807 g/mol. The Kier molecular flexibility index (Phi) is 9.77. The summed E-state index contributed by atoms with van der Waals surface area (Å²) in [6.45, 7) is 13.7. The molecule has 0 atom stereocenters. The van der Waals surface area contributed by atoms with Gasteiger partial charge in [0.05, 0.1) is 35.2 Å². The van der Waals surface area contributed by atoms with Gasteiger partial charge in [0.1, 0.15) is 16.9 Å². The molecule has 0 unspecified atom stereocenters. The fraction of sp³-hybridized carbons (Fsp3) is 0.148. The molecular formula is C61H51N3O2. The van der Waals surface area contributed by atoms with Gasteiger partial charge in [0.15, 0.2) is 0 Å². The highest BCUT2D eigenvalue weighted by Gasteiger charge is 2.23. The van der Waals surface area contributed by atoms with E-state index in [0.717, 1.165) is 94.9 Å². The number of furan rings is 1. The maximum Gasteiger partial charge on any atom is 0.135 e. The van der Waals surface area contributed by atoms with Gasteiger partial charge in [-0.2, -0.15) is 0 Å². The zero-order chi connectivity index (χ0) is 45.3. The van der Waals surface area contributed by atoms with Gasteiger partial charge in [-0.25, -0.2) is 4.98 Å². The molecule has 0 radical (unpaired) electrons. The Morgan fingerprint density at radius 1 is 0.455 bits per heavy atom. The number of nitrogens with zero attached hydrogens (tertiary/aromatic N) is 3. The molecule has 0 bridgehead atoms. The van der Waals surface area contributed by atoms with Crippen LogP contribution in [0.1, 0.15) is 52.7 Å². The van der Waals surface area contributed by atoms with Crippen LogP contribution in [0.3, 0.4) is 0 Å². The van der Waals surface area contributed by atoms with Crippen LogP contribution >= 0.6 is 0 Å². The van der Waals surface area contributed by atoms with Crippen LogP contribution in [0.25, 0.3) is 105 Å². The number of pyridine rings is 2. The van der Waals surface area contributed by atoms with Crippen LogP contribution in [-0.2, 0) is 10.8 Å². The third-order valence-electron chi connectivity index (χ3n) is 13.0. The first-order valence-electron chi connectivity index (χ1n) is 22.7. The lowest BCUT2D eigenvalue weighted by Gasteiger charge is -2.26. The van der Waals surface area contributed by atoms with Gasteiger partial charge in [0.2, 0.25) is 0 Å². The van der Waals surface area contributed by atoms with Crippen molar-refractivity contribution in [3.8, 4) is 67.5 Å². The number of methoxy groups -OCH3 is 1. The zero-order valence-electron chi connectivity index (χ0n) is 38.5. The molecule has 11 rings (SSSR count). The second-order valence-corrected chi connectivity index (χ2v) is 19.5. The highest BCUT2D eigenvalue weighted by atomic mass is 16.5. The Labute approximate surface area is 386 Å². The largest absolute Gasteiger partial charge is 0.496 e.